The Labute approximate surface area is 144 Å². The van der Waals surface area contributed by atoms with E-state index >= 15 is 0 Å². The van der Waals surface area contributed by atoms with Crippen LogP contribution < -0.4 is 0 Å². The number of aliphatic hydroxyl groups excluding tert-OH is 1. The number of rotatable bonds is 2. The lowest BCUT2D eigenvalue weighted by molar-refractivity contribution is -0.137. The van der Waals surface area contributed by atoms with Crippen molar-refractivity contribution in [3.05, 3.63) is 35.4 Å². The molecule has 0 aliphatic carbocycles. The minimum Gasteiger partial charge on any atom is -0.390 e. The minimum atomic E-state index is -4.48. The SMILES string of the molecule is CN1CCN([C@@H]2CN(C(=O)c3cccc(C(F)(F)F)c3)C[C@H]2O)CC1. The van der Waals surface area contributed by atoms with Gasteiger partial charge in [-0.1, -0.05) is 6.07 Å². The molecule has 0 unspecified atom stereocenters. The molecule has 0 radical (unpaired) electrons. The van der Waals surface area contributed by atoms with Crippen molar-refractivity contribution in [2.24, 2.45) is 0 Å². The van der Waals surface area contributed by atoms with Gasteiger partial charge in [0.2, 0.25) is 0 Å². The highest BCUT2D eigenvalue weighted by atomic mass is 19.4. The first-order chi connectivity index (χ1) is 11.8. The zero-order valence-electron chi connectivity index (χ0n) is 14.0. The zero-order chi connectivity index (χ0) is 18.2. The van der Waals surface area contributed by atoms with Crippen molar-refractivity contribution in [2.45, 2.75) is 18.3 Å². The van der Waals surface area contributed by atoms with Crippen LogP contribution in [-0.2, 0) is 6.18 Å². The first-order valence-corrected chi connectivity index (χ1v) is 8.33. The van der Waals surface area contributed by atoms with Gasteiger partial charge in [-0.15, -0.1) is 0 Å². The molecule has 0 aromatic heterocycles. The normalized spacial score (nSPS) is 26.2. The van der Waals surface area contributed by atoms with Gasteiger partial charge in [-0.3, -0.25) is 9.69 Å². The van der Waals surface area contributed by atoms with Gasteiger partial charge >= 0.3 is 6.18 Å². The molecule has 1 aromatic carbocycles. The van der Waals surface area contributed by atoms with Crippen molar-refractivity contribution in [3.8, 4) is 0 Å². The van der Waals surface area contributed by atoms with Gasteiger partial charge in [-0.25, -0.2) is 0 Å². The third-order valence-electron chi connectivity index (χ3n) is 4.99. The number of likely N-dealkylation sites (N-methyl/N-ethyl adjacent to an activating group) is 1. The third kappa shape index (κ3) is 3.96. The molecule has 2 atom stereocenters. The maximum absolute atomic E-state index is 12.8. The van der Waals surface area contributed by atoms with E-state index in [1.165, 1.54) is 17.0 Å². The lowest BCUT2D eigenvalue weighted by Crippen LogP contribution is -2.52. The summed E-state index contributed by atoms with van der Waals surface area (Å²) in [5.41, 5.74) is -0.838. The predicted octanol–water partition coefficient (Wildman–Crippen LogP) is 1.14. The number of carbonyl (C=O) groups excluding carboxylic acids is 1. The van der Waals surface area contributed by atoms with Gasteiger partial charge in [0.05, 0.1) is 17.7 Å². The molecule has 1 N–H and O–H groups in total. The van der Waals surface area contributed by atoms with Crippen LogP contribution in [0.15, 0.2) is 24.3 Å². The number of carbonyl (C=O) groups is 1. The standard InChI is InChI=1S/C17H22F3N3O2/c1-21-5-7-22(8-6-21)14-10-23(11-15(14)24)16(25)12-3-2-4-13(9-12)17(18,19)20/h2-4,9,14-15,24H,5-8,10-11H2,1H3/t14-,15-/m1/s1. The van der Waals surface area contributed by atoms with E-state index in [9.17, 15) is 23.1 Å². The summed E-state index contributed by atoms with van der Waals surface area (Å²) in [5.74, 6) is -0.471. The van der Waals surface area contributed by atoms with E-state index in [2.05, 4.69) is 9.80 Å². The maximum Gasteiger partial charge on any atom is 0.416 e. The van der Waals surface area contributed by atoms with Gasteiger partial charge < -0.3 is 14.9 Å². The number of nitrogens with zero attached hydrogens (tertiary/aromatic N) is 3. The number of hydrogen-bond acceptors (Lipinski definition) is 4. The van der Waals surface area contributed by atoms with Gasteiger partial charge in [0.15, 0.2) is 0 Å². The first kappa shape index (κ1) is 18.2. The van der Waals surface area contributed by atoms with Gasteiger partial charge in [0.1, 0.15) is 0 Å². The summed E-state index contributed by atoms with van der Waals surface area (Å²) in [7, 11) is 2.03. The number of piperazine rings is 1. The second-order valence-electron chi connectivity index (χ2n) is 6.76. The first-order valence-electron chi connectivity index (χ1n) is 8.33. The van der Waals surface area contributed by atoms with Crippen molar-refractivity contribution >= 4 is 5.91 Å². The average molecular weight is 357 g/mol. The molecule has 2 fully saturated rings. The van der Waals surface area contributed by atoms with E-state index in [-0.39, 0.29) is 18.2 Å². The molecule has 2 aliphatic rings. The number of halogens is 3. The molecule has 3 rings (SSSR count). The van der Waals surface area contributed by atoms with E-state index in [1.807, 2.05) is 7.05 Å². The second-order valence-corrected chi connectivity index (χ2v) is 6.76. The molecule has 0 bridgehead atoms. The fourth-order valence-corrected chi connectivity index (χ4v) is 3.46. The zero-order valence-corrected chi connectivity index (χ0v) is 14.0. The van der Waals surface area contributed by atoms with E-state index < -0.39 is 23.8 Å². The Morgan fingerprint density at radius 2 is 1.84 bits per heavy atom. The van der Waals surface area contributed by atoms with Crippen LogP contribution in [0.3, 0.4) is 0 Å². The Balaban J connectivity index is 1.70. The van der Waals surface area contributed by atoms with Crippen molar-refractivity contribution in [2.75, 3.05) is 46.3 Å². The van der Waals surface area contributed by atoms with E-state index in [1.54, 1.807) is 0 Å². The predicted molar refractivity (Wildman–Crippen MR) is 86.2 cm³/mol. The van der Waals surface area contributed by atoms with Gasteiger partial charge in [-0.05, 0) is 25.2 Å². The number of alkyl halides is 3. The molecule has 8 heteroatoms. The summed E-state index contributed by atoms with van der Waals surface area (Å²) in [6, 6.07) is 4.28. The smallest absolute Gasteiger partial charge is 0.390 e. The van der Waals surface area contributed by atoms with Crippen molar-refractivity contribution in [3.63, 3.8) is 0 Å². The molecule has 1 aromatic rings. The highest BCUT2D eigenvalue weighted by molar-refractivity contribution is 5.94. The summed E-state index contributed by atoms with van der Waals surface area (Å²) in [6.07, 6.45) is -5.17. The minimum absolute atomic E-state index is 0.000975. The topological polar surface area (TPSA) is 47.0 Å². The Morgan fingerprint density at radius 1 is 1.16 bits per heavy atom. The fraction of sp³-hybridized carbons (Fsp3) is 0.588. The Morgan fingerprint density at radius 3 is 2.48 bits per heavy atom. The molecular weight excluding hydrogens is 335 g/mol. The van der Waals surface area contributed by atoms with Crippen LogP contribution in [0.4, 0.5) is 13.2 Å². The van der Waals surface area contributed by atoms with Gasteiger partial charge in [0, 0.05) is 44.8 Å². The lowest BCUT2D eigenvalue weighted by Gasteiger charge is -2.37. The quantitative estimate of drug-likeness (QED) is 0.862. The number of aliphatic hydroxyl groups is 1. The largest absolute Gasteiger partial charge is 0.416 e. The molecule has 2 aliphatic heterocycles. The van der Waals surface area contributed by atoms with E-state index in [0.29, 0.717) is 6.54 Å². The molecule has 0 saturated carbocycles. The van der Waals surface area contributed by atoms with Crippen molar-refractivity contribution in [1.82, 2.24) is 14.7 Å². The van der Waals surface area contributed by atoms with Crippen LogP contribution >= 0.6 is 0 Å². The van der Waals surface area contributed by atoms with Crippen LogP contribution in [0.25, 0.3) is 0 Å². The molecule has 2 heterocycles. The van der Waals surface area contributed by atoms with Crippen LogP contribution in [0, 0.1) is 0 Å². The van der Waals surface area contributed by atoms with E-state index in [0.717, 1.165) is 38.3 Å². The molecule has 1 amide bonds. The number of hydrogen-bond donors (Lipinski definition) is 1. The molecule has 0 spiro atoms. The molecule has 25 heavy (non-hydrogen) atoms. The van der Waals surface area contributed by atoms with Gasteiger partial charge in [-0.2, -0.15) is 13.2 Å². The number of amides is 1. The Bertz CT molecular complexity index is 630. The summed E-state index contributed by atoms with van der Waals surface area (Å²) in [5, 5.41) is 10.3. The summed E-state index contributed by atoms with van der Waals surface area (Å²) in [4.78, 5) is 18.4. The van der Waals surface area contributed by atoms with E-state index in [4.69, 9.17) is 0 Å². The lowest BCUT2D eigenvalue weighted by atomic mass is 10.1. The molecule has 2 saturated heterocycles. The number of β-amino-alcohol motifs (C(OH)–C–C–N with tert-alkyl or cyclic N) is 1. The highest BCUT2D eigenvalue weighted by Gasteiger charge is 2.39. The van der Waals surface area contributed by atoms with Crippen LogP contribution in [0.5, 0.6) is 0 Å². The van der Waals surface area contributed by atoms with Crippen molar-refractivity contribution < 1.29 is 23.1 Å². The number of likely N-dealkylation sites (tertiary alicyclic amines) is 1. The highest BCUT2D eigenvalue weighted by Crippen LogP contribution is 2.30. The molecule has 138 valence electrons. The summed E-state index contributed by atoms with van der Waals surface area (Å²) >= 11 is 0. The Kier molecular flexibility index (Phi) is 5.04. The average Bonchev–Trinajstić information content (AvgIpc) is 2.96. The van der Waals surface area contributed by atoms with Crippen molar-refractivity contribution in [1.29, 1.82) is 0 Å². The third-order valence-corrected chi connectivity index (χ3v) is 4.99. The summed E-state index contributed by atoms with van der Waals surface area (Å²) < 4.78 is 38.5. The molecule has 5 nitrogen and oxygen atoms in total. The van der Waals surface area contributed by atoms with Crippen LogP contribution in [-0.4, -0.2) is 84.2 Å². The molecular formula is C17H22F3N3O2. The maximum atomic E-state index is 12.8. The fourth-order valence-electron chi connectivity index (χ4n) is 3.46. The van der Waals surface area contributed by atoms with Crippen LogP contribution in [0.2, 0.25) is 0 Å². The Hall–Kier alpha value is -1.64. The number of benzene rings is 1. The van der Waals surface area contributed by atoms with Gasteiger partial charge in [0.25, 0.3) is 5.91 Å². The summed E-state index contributed by atoms with van der Waals surface area (Å²) in [6.45, 7) is 3.88. The second kappa shape index (κ2) is 6.93. The van der Waals surface area contributed by atoms with Crippen LogP contribution in [0.1, 0.15) is 15.9 Å². The monoisotopic (exact) mass is 357 g/mol.